The number of H-pyrrole nitrogens is 1. The van der Waals surface area contributed by atoms with Crippen molar-refractivity contribution in [1.82, 2.24) is 24.8 Å². The summed E-state index contributed by atoms with van der Waals surface area (Å²) in [6, 6.07) is 0. The van der Waals surface area contributed by atoms with E-state index < -0.39 is 0 Å². The monoisotopic (exact) mass is 299 g/mol. The third-order valence-electron chi connectivity index (χ3n) is 4.19. The second kappa shape index (κ2) is 6.25. The highest BCUT2D eigenvalue weighted by Crippen LogP contribution is 2.27. The Morgan fingerprint density at radius 2 is 2.00 bits per heavy atom. The SMILES string of the molecule is CCC(=O)N1CCC(c2cnc(-c3ncc(C)[nH]3)cn2)CC1. The van der Waals surface area contributed by atoms with E-state index in [4.69, 9.17) is 0 Å². The Hall–Kier alpha value is -2.24. The molecule has 3 heterocycles. The van der Waals surface area contributed by atoms with Gasteiger partial charge < -0.3 is 9.88 Å². The first-order valence-electron chi connectivity index (χ1n) is 7.79. The van der Waals surface area contributed by atoms with E-state index in [1.165, 1.54) is 0 Å². The number of imidazole rings is 1. The average molecular weight is 299 g/mol. The lowest BCUT2D eigenvalue weighted by atomic mass is 9.93. The third-order valence-corrected chi connectivity index (χ3v) is 4.19. The highest BCUT2D eigenvalue weighted by atomic mass is 16.2. The molecule has 0 saturated carbocycles. The average Bonchev–Trinajstić information content (AvgIpc) is 3.01. The fourth-order valence-corrected chi connectivity index (χ4v) is 2.86. The van der Waals surface area contributed by atoms with Crippen LogP contribution in [0.5, 0.6) is 0 Å². The number of likely N-dealkylation sites (tertiary alicyclic amines) is 1. The summed E-state index contributed by atoms with van der Waals surface area (Å²) in [7, 11) is 0. The number of nitrogens with zero attached hydrogens (tertiary/aromatic N) is 4. The van der Waals surface area contributed by atoms with Gasteiger partial charge in [-0.1, -0.05) is 6.92 Å². The number of nitrogens with one attached hydrogen (secondary N) is 1. The molecule has 1 fully saturated rings. The normalized spacial score (nSPS) is 16.0. The number of amides is 1. The molecule has 6 nitrogen and oxygen atoms in total. The lowest BCUT2D eigenvalue weighted by molar-refractivity contribution is -0.131. The van der Waals surface area contributed by atoms with E-state index in [1.807, 2.05) is 24.9 Å². The van der Waals surface area contributed by atoms with Crippen LogP contribution in [-0.2, 0) is 4.79 Å². The molecule has 0 spiro atoms. The summed E-state index contributed by atoms with van der Waals surface area (Å²) in [4.78, 5) is 30.1. The molecule has 0 atom stereocenters. The molecular formula is C16H21N5O. The summed E-state index contributed by atoms with van der Waals surface area (Å²) >= 11 is 0. The number of hydrogen-bond acceptors (Lipinski definition) is 4. The molecular weight excluding hydrogens is 278 g/mol. The molecule has 0 aromatic carbocycles. The maximum Gasteiger partial charge on any atom is 0.222 e. The lowest BCUT2D eigenvalue weighted by Crippen LogP contribution is -2.37. The zero-order valence-electron chi connectivity index (χ0n) is 13.0. The summed E-state index contributed by atoms with van der Waals surface area (Å²) in [5.41, 5.74) is 2.78. The fraction of sp³-hybridized carbons (Fsp3) is 0.500. The van der Waals surface area contributed by atoms with Crippen LogP contribution < -0.4 is 0 Å². The maximum absolute atomic E-state index is 11.7. The van der Waals surface area contributed by atoms with Crippen molar-refractivity contribution in [3.05, 3.63) is 30.0 Å². The zero-order valence-corrected chi connectivity index (χ0v) is 13.0. The Morgan fingerprint density at radius 3 is 2.55 bits per heavy atom. The minimum absolute atomic E-state index is 0.244. The van der Waals surface area contributed by atoms with E-state index in [-0.39, 0.29) is 5.91 Å². The minimum atomic E-state index is 0.244. The highest BCUT2D eigenvalue weighted by Gasteiger charge is 2.24. The van der Waals surface area contributed by atoms with Crippen LogP contribution in [-0.4, -0.2) is 43.8 Å². The predicted octanol–water partition coefficient (Wildman–Crippen LogP) is 2.29. The van der Waals surface area contributed by atoms with Crippen molar-refractivity contribution in [3.8, 4) is 11.5 Å². The molecule has 3 rings (SSSR count). The van der Waals surface area contributed by atoms with Gasteiger partial charge in [0, 0.05) is 43.5 Å². The maximum atomic E-state index is 11.7. The number of aryl methyl sites for hydroxylation is 1. The Kier molecular flexibility index (Phi) is 4.18. The summed E-state index contributed by atoms with van der Waals surface area (Å²) in [5.74, 6) is 1.38. The summed E-state index contributed by atoms with van der Waals surface area (Å²) in [6.45, 7) is 5.51. The molecule has 0 aliphatic carbocycles. The second-order valence-corrected chi connectivity index (χ2v) is 5.75. The van der Waals surface area contributed by atoms with Gasteiger partial charge in [0.25, 0.3) is 0 Å². The van der Waals surface area contributed by atoms with Crippen molar-refractivity contribution in [1.29, 1.82) is 0 Å². The van der Waals surface area contributed by atoms with E-state index in [2.05, 4.69) is 19.9 Å². The van der Waals surface area contributed by atoms with Crippen molar-refractivity contribution in [2.24, 2.45) is 0 Å². The Morgan fingerprint density at radius 1 is 1.23 bits per heavy atom. The van der Waals surface area contributed by atoms with Crippen molar-refractivity contribution < 1.29 is 4.79 Å². The van der Waals surface area contributed by atoms with Crippen LogP contribution in [0.2, 0.25) is 0 Å². The van der Waals surface area contributed by atoms with E-state index in [1.54, 1.807) is 12.4 Å². The Bertz CT molecular complexity index is 641. The van der Waals surface area contributed by atoms with Gasteiger partial charge in [-0.3, -0.25) is 9.78 Å². The van der Waals surface area contributed by atoms with Gasteiger partial charge in [0.05, 0.1) is 11.9 Å². The largest absolute Gasteiger partial charge is 0.343 e. The van der Waals surface area contributed by atoms with Crippen LogP contribution in [0, 0.1) is 6.92 Å². The van der Waals surface area contributed by atoms with E-state index in [9.17, 15) is 4.79 Å². The smallest absolute Gasteiger partial charge is 0.222 e. The Labute approximate surface area is 130 Å². The van der Waals surface area contributed by atoms with Gasteiger partial charge in [0.1, 0.15) is 5.69 Å². The number of aromatic amines is 1. The summed E-state index contributed by atoms with van der Waals surface area (Å²) < 4.78 is 0. The molecule has 0 unspecified atom stereocenters. The lowest BCUT2D eigenvalue weighted by Gasteiger charge is -2.31. The zero-order chi connectivity index (χ0) is 15.5. The number of hydrogen-bond donors (Lipinski definition) is 1. The van der Waals surface area contributed by atoms with Gasteiger partial charge >= 0.3 is 0 Å². The first-order valence-corrected chi connectivity index (χ1v) is 7.79. The molecule has 1 saturated heterocycles. The highest BCUT2D eigenvalue weighted by molar-refractivity contribution is 5.75. The molecule has 1 aliphatic rings. The van der Waals surface area contributed by atoms with Gasteiger partial charge in [-0.15, -0.1) is 0 Å². The van der Waals surface area contributed by atoms with Crippen LogP contribution in [0.4, 0.5) is 0 Å². The molecule has 1 N–H and O–H groups in total. The van der Waals surface area contributed by atoms with Gasteiger partial charge in [0.15, 0.2) is 5.82 Å². The van der Waals surface area contributed by atoms with Gasteiger partial charge in [-0.25, -0.2) is 9.97 Å². The van der Waals surface area contributed by atoms with Crippen LogP contribution in [0.25, 0.3) is 11.5 Å². The van der Waals surface area contributed by atoms with E-state index >= 15 is 0 Å². The standard InChI is InChI=1S/C16H21N5O/c1-3-15(22)21-6-4-12(5-7-21)13-9-18-14(10-17-13)16-19-8-11(2)20-16/h8-10,12H,3-7H2,1-2H3,(H,19,20). The molecule has 116 valence electrons. The Balaban J connectivity index is 1.65. The first kappa shape index (κ1) is 14.7. The van der Waals surface area contributed by atoms with Crippen LogP contribution >= 0.6 is 0 Å². The number of carbonyl (C=O) groups is 1. The number of aromatic nitrogens is 4. The van der Waals surface area contributed by atoms with Gasteiger partial charge in [-0.2, -0.15) is 0 Å². The van der Waals surface area contributed by atoms with Crippen molar-refractivity contribution in [2.75, 3.05) is 13.1 Å². The molecule has 22 heavy (non-hydrogen) atoms. The van der Waals surface area contributed by atoms with Crippen molar-refractivity contribution in [3.63, 3.8) is 0 Å². The molecule has 0 radical (unpaired) electrons. The first-order chi connectivity index (χ1) is 10.7. The van der Waals surface area contributed by atoms with E-state index in [0.717, 1.165) is 48.8 Å². The van der Waals surface area contributed by atoms with Gasteiger partial charge in [-0.05, 0) is 19.8 Å². The van der Waals surface area contributed by atoms with Crippen LogP contribution in [0.3, 0.4) is 0 Å². The number of piperidine rings is 1. The molecule has 1 aliphatic heterocycles. The van der Waals surface area contributed by atoms with Crippen LogP contribution in [0.15, 0.2) is 18.6 Å². The summed E-state index contributed by atoms with van der Waals surface area (Å²) in [5, 5.41) is 0. The number of carbonyl (C=O) groups excluding carboxylic acids is 1. The minimum Gasteiger partial charge on any atom is -0.343 e. The van der Waals surface area contributed by atoms with E-state index in [0.29, 0.717) is 12.3 Å². The molecule has 6 heteroatoms. The summed E-state index contributed by atoms with van der Waals surface area (Å²) in [6.07, 6.45) is 7.90. The quantitative estimate of drug-likeness (QED) is 0.943. The van der Waals surface area contributed by atoms with Crippen molar-refractivity contribution >= 4 is 5.91 Å². The third kappa shape index (κ3) is 3.00. The van der Waals surface area contributed by atoms with Crippen molar-refractivity contribution in [2.45, 2.75) is 39.0 Å². The fourth-order valence-electron chi connectivity index (χ4n) is 2.86. The molecule has 2 aromatic rings. The second-order valence-electron chi connectivity index (χ2n) is 5.75. The topological polar surface area (TPSA) is 74.8 Å². The molecule has 0 bridgehead atoms. The predicted molar refractivity (Wildman–Crippen MR) is 83.2 cm³/mol. The molecule has 2 aromatic heterocycles. The number of rotatable bonds is 3. The molecule has 1 amide bonds. The van der Waals surface area contributed by atoms with Crippen LogP contribution in [0.1, 0.15) is 43.5 Å². The van der Waals surface area contributed by atoms with Gasteiger partial charge in [0.2, 0.25) is 5.91 Å².